The van der Waals surface area contributed by atoms with Crippen molar-refractivity contribution >= 4 is 11.9 Å². The van der Waals surface area contributed by atoms with Crippen molar-refractivity contribution in [3.05, 3.63) is 24.3 Å². The predicted octanol–water partition coefficient (Wildman–Crippen LogP) is 1.31. The first-order valence-corrected chi connectivity index (χ1v) is 4.14. The first kappa shape index (κ1) is 15.8. The molecule has 1 rings (SSSR count). The lowest BCUT2D eigenvalue weighted by Crippen LogP contribution is -1.92. The lowest BCUT2D eigenvalue weighted by atomic mass is 10.4. The molecule has 1 saturated heterocycles. The zero-order valence-corrected chi connectivity index (χ0v) is 8.95. The summed E-state index contributed by atoms with van der Waals surface area (Å²) in [5.74, 6) is -1.87. The monoisotopic (exact) mass is 216 g/mol. The molecule has 0 radical (unpaired) electrons. The van der Waals surface area contributed by atoms with Gasteiger partial charge in [0.05, 0.1) is 13.2 Å². The minimum Gasteiger partial charge on any atom is -0.478 e. The summed E-state index contributed by atoms with van der Waals surface area (Å²) in [6.45, 7) is 11.2. The van der Waals surface area contributed by atoms with Gasteiger partial charge in [-0.2, -0.15) is 0 Å². The van der Waals surface area contributed by atoms with Crippen LogP contribution in [0.25, 0.3) is 0 Å². The first-order chi connectivity index (χ1) is 6.79. The van der Waals surface area contributed by atoms with Crippen LogP contribution >= 0.6 is 0 Å². The van der Waals surface area contributed by atoms with Crippen molar-refractivity contribution in [2.24, 2.45) is 0 Å². The van der Waals surface area contributed by atoms with Crippen molar-refractivity contribution in [2.45, 2.75) is 13.8 Å². The molecule has 1 aliphatic rings. The van der Waals surface area contributed by atoms with E-state index in [1.54, 1.807) is 0 Å². The third kappa shape index (κ3) is 24.5. The second kappa shape index (κ2) is 8.96. The van der Waals surface area contributed by atoms with Crippen LogP contribution in [0.2, 0.25) is 0 Å². The van der Waals surface area contributed by atoms with E-state index in [9.17, 15) is 9.59 Å². The molecule has 2 N–H and O–H groups in total. The number of hydrogen-bond acceptors (Lipinski definition) is 3. The van der Waals surface area contributed by atoms with E-state index in [0.29, 0.717) is 0 Å². The molecule has 5 heteroatoms. The molecule has 1 fully saturated rings. The van der Waals surface area contributed by atoms with Gasteiger partial charge < -0.3 is 14.9 Å². The van der Waals surface area contributed by atoms with Crippen LogP contribution in [0.15, 0.2) is 24.3 Å². The number of epoxide rings is 1. The molecule has 0 aromatic rings. The lowest BCUT2D eigenvalue weighted by Gasteiger charge is -1.79. The van der Waals surface area contributed by atoms with Crippen molar-refractivity contribution in [3.63, 3.8) is 0 Å². The highest BCUT2D eigenvalue weighted by Crippen LogP contribution is 1.84. The molecular weight excluding hydrogens is 200 g/mol. The Labute approximate surface area is 88.7 Å². The standard InChI is InChI=1S/2C4H6O2.C2H4O/c2*1-3(2)4(5)6;1-2-3-1/h2*1H2,2H3,(H,5,6);1-2H2. The molecule has 0 spiro atoms. The molecule has 0 amide bonds. The van der Waals surface area contributed by atoms with Crippen molar-refractivity contribution in [3.8, 4) is 0 Å². The molecule has 5 nitrogen and oxygen atoms in total. The summed E-state index contributed by atoms with van der Waals surface area (Å²) < 4.78 is 4.50. The minimum absolute atomic E-state index is 0.176. The van der Waals surface area contributed by atoms with E-state index >= 15 is 0 Å². The zero-order chi connectivity index (χ0) is 12.4. The van der Waals surface area contributed by atoms with Crippen LogP contribution in [-0.2, 0) is 14.3 Å². The third-order valence-electron chi connectivity index (χ3n) is 0.934. The Bertz CT molecular complexity index is 202. The normalized spacial score (nSPS) is 10.8. The number of carboxylic acids is 2. The quantitative estimate of drug-likeness (QED) is 0.536. The Morgan fingerprint density at radius 2 is 1.13 bits per heavy atom. The fourth-order valence-electron chi connectivity index (χ4n) is 0. The van der Waals surface area contributed by atoms with Gasteiger partial charge in [-0.1, -0.05) is 13.2 Å². The summed E-state index contributed by atoms with van der Waals surface area (Å²) in [7, 11) is 0. The number of ether oxygens (including phenoxy) is 1. The van der Waals surface area contributed by atoms with Crippen LogP contribution in [0.3, 0.4) is 0 Å². The zero-order valence-electron chi connectivity index (χ0n) is 8.95. The molecule has 0 aromatic heterocycles. The SMILES string of the molecule is C1CO1.C=C(C)C(=O)O.C=C(C)C(=O)O. The Morgan fingerprint density at radius 3 is 1.13 bits per heavy atom. The van der Waals surface area contributed by atoms with Gasteiger partial charge in [0.2, 0.25) is 0 Å². The highest BCUT2D eigenvalue weighted by atomic mass is 16.6. The van der Waals surface area contributed by atoms with Gasteiger partial charge in [0.1, 0.15) is 0 Å². The topological polar surface area (TPSA) is 87.1 Å². The largest absolute Gasteiger partial charge is 0.478 e. The number of hydrogen-bond donors (Lipinski definition) is 2. The first-order valence-electron chi connectivity index (χ1n) is 4.14. The van der Waals surface area contributed by atoms with Crippen LogP contribution in [0.5, 0.6) is 0 Å². The maximum atomic E-state index is 9.60. The van der Waals surface area contributed by atoms with Crippen LogP contribution in [0, 0.1) is 0 Å². The van der Waals surface area contributed by atoms with Gasteiger partial charge in [-0.25, -0.2) is 9.59 Å². The Hall–Kier alpha value is -1.62. The molecule has 1 aliphatic heterocycles. The van der Waals surface area contributed by atoms with Crippen molar-refractivity contribution in [1.82, 2.24) is 0 Å². The molecular formula is C10H16O5. The molecule has 0 atom stereocenters. The molecule has 0 unspecified atom stereocenters. The average Bonchev–Trinajstić information content (AvgIpc) is 2.90. The molecule has 0 bridgehead atoms. The van der Waals surface area contributed by atoms with Crippen molar-refractivity contribution < 1.29 is 24.5 Å². The van der Waals surface area contributed by atoms with E-state index in [0.717, 1.165) is 13.2 Å². The van der Waals surface area contributed by atoms with E-state index in [-0.39, 0.29) is 11.1 Å². The minimum atomic E-state index is -0.935. The molecule has 86 valence electrons. The average molecular weight is 216 g/mol. The smallest absolute Gasteiger partial charge is 0.330 e. The maximum Gasteiger partial charge on any atom is 0.330 e. The van der Waals surface area contributed by atoms with Gasteiger partial charge in [0.15, 0.2) is 0 Å². The lowest BCUT2D eigenvalue weighted by molar-refractivity contribution is -0.133. The molecule has 0 saturated carbocycles. The highest BCUT2D eigenvalue weighted by Gasteiger charge is 1.94. The van der Waals surface area contributed by atoms with E-state index in [2.05, 4.69) is 17.9 Å². The summed E-state index contributed by atoms with van der Waals surface area (Å²) in [5.41, 5.74) is 0.352. The van der Waals surface area contributed by atoms with Crippen molar-refractivity contribution in [1.29, 1.82) is 0 Å². The van der Waals surface area contributed by atoms with Crippen molar-refractivity contribution in [2.75, 3.05) is 13.2 Å². The number of rotatable bonds is 2. The van der Waals surface area contributed by atoms with Gasteiger partial charge >= 0.3 is 11.9 Å². The highest BCUT2D eigenvalue weighted by molar-refractivity contribution is 5.85. The Morgan fingerprint density at radius 1 is 1.00 bits per heavy atom. The number of carbonyl (C=O) groups is 2. The Kier molecular flexibility index (Phi) is 9.45. The van der Waals surface area contributed by atoms with Crippen LogP contribution in [0.4, 0.5) is 0 Å². The van der Waals surface area contributed by atoms with E-state index in [1.165, 1.54) is 13.8 Å². The Balaban J connectivity index is 0. The van der Waals surface area contributed by atoms with E-state index in [4.69, 9.17) is 10.2 Å². The van der Waals surface area contributed by atoms with Gasteiger partial charge in [-0.15, -0.1) is 0 Å². The molecule has 0 aliphatic carbocycles. The van der Waals surface area contributed by atoms with Gasteiger partial charge in [0, 0.05) is 11.1 Å². The fourth-order valence-corrected chi connectivity index (χ4v) is 0. The summed E-state index contributed by atoms with van der Waals surface area (Å²) in [5, 5.41) is 15.8. The second-order valence-electron chi connectivity index (χ2n) is 2.78. The van der Waals surface area contributed by atoms with Crippen LogP contribution < -0.4 is 0 Å². The predicted molar refractivity (Wildman–Crippen MR) is 55.7 cm³/mol. The number of carboxylic acid groups (broad SMARTS) is 2. The summed E-state index contributed by atoms with van der Waals surface area (Å²) in [6, 6.07) is 0. The van der Waals surface area contributed by atoms with Gasteiger partial charge in [-0.05, 0) is 13.8 Å². The fraction of sp³-hybridized carbons (Fsp3) is 0.400. The molecule has 1 heterocycles. The van der Waals surface area contributed by atoms with E-state index in [1.807, 2.05) is 0 Å². The summed E-state index contributed by atoms with van der Waals surface area (Å²) in [4.78, 5) is 19.2. The summed E-state index contributed by atoms with van der Waals surface area (Å²) in [6.07, 6.45) is 0. The number of aliphatic carboxylic acids is 2. The third-order valence-corrected chi connectivity index (χ3v) is 0.934. The molecule has 15 heavy (non-hydrogen) atoms. The van der Waals surface area contributed by atoms with Gasteiger partial charge in [-0.3, -0.25) is 0 Å². The summed E-state index contributed by atoms with van der Waals surface area (Å²) >= 11 is 0. The molecule has 0 aromatic carbocycles. The van der Waals surface area contributed by atoms with Gasteiger partial charge in [0.25, 0.3) is 0 Å². The van der Waals surface area contributed by atoms with Crippen LogP contribution in [-0.4, -0.2) is 35.4 Å². The van der Waals surface area contributed by atoms with Crippen LogP contribution in [0.1, 0.15) is 13.8 Å². The maximum absolute atomic E-state index is 9.60. The van der Waals surface area contributed by atoms with E-state index < -0.39 is 11.9 Å². The second-order valence-corrected chi connectivity index (χ2v) is 2.78.